The minimum absolute atomic E-state index is 0.117. The molecular weight excluding hydrogens is 348 g/mol. The van der Waals surface area contributed by atoms with Gasteiger partial charge in [-0.2, -0.15) is 0 Å². The van der Waals surface area contributed by atoms with E-state index in [0.29, 0.717) is 11.3 Å². The number of nitrogens with zero attached hydrogens (tertiary/aromatic N) is 3. The molecule has 1 N–H and O–H groups in total. The zero-order valence-electron chi connectivity index (χ0n) is 15.4. The molecule has 5 rings (SSSR count). The fourth-order valence-electron chi connectivity index (χ4n) is 3.59. The van der Waals surface area contributed by atoms with Crippen molar-refractivity contribution in [2.75, 3.05) is 0 Å². The molecule has 3 heterocycles. The number of aromatic amines is 1. The molecular formula is C23H18N4O. The molecule has 0 atom stereocenters. The summed E-state index contributed by atoms with van der Waals surface area (Å²) in [5.41, 5.74) is 6.23. The number of benzene rings is 2. The van der Waals surface area contributed by atoms with Gasteiger partial charge in [-0.1, -0.05) is 42.5 Å². The second-order valence-corrected chi connectivity index (χ2v) is 6.93. The molecule has 0 aliphatic rings. The number of pyridine rings is 1. The van der Waals surface area contributed by atoms with Gasteiger partial charge in [0.05, 0.1) is 11.2 Å². The first-order valence-corrected chi connectivity index (χ1v) is 9.19. The first kappa shape index (κ1) is 16.4. The topological polar surface area (TPSA) is 63.0 Å². The molecule has 0 aliphatic heterocycles. The van der Waals surface area contributed by atoms with Crippen LogP contribution in [0.5, 0.6) is 0 Å². The van der Waals surface area contributed by atoms with Gasteiger partial charge in [0.15, 0.2) is 5.65 Å². The van der Waals surface area contributed by atoms with Gasteiger partial charge in [0, 0.05) is 40.9 Å². The van der Waals surface area contributed by atoms with Gasteiger partial charge in [-0.05, 0) is 30.7 Å². The van der Waals surface area contributed by atoms with Crippen LogP contribution in [0.1, 0.15) is 16.8 Å². The molecule has 5 heteroatoms. The average Bonchev–Trinajstić information content (AvgIpc) is 3.04. The second-order valence-electron chi connectivity index (χ2n) is 6.93. The van der Waals surface area contributed by atoms with E-state index in [1.807, 2.05) is 55.5 Å². The van der Waals surface area contributed by atoms with E-state index in [1.165, 1.54) is 10.1 Å². The molecule has 0 amide bonds. The van der Waals surface area contributed by atoms with E-state index >= 15 is 0 Å². The predicted molar refractivity (Wildman–Crippen MR) is 111 cm³/mol. The summed E-state index contributed by atoms with van der Waals surface area (Å²) in [5.74, 6) is 0. The van der Waals surface area contributed by atoms with Crippen molar-refractivity contribution in [3.05, 3.63) is 100 Å². The second kappa shape index (κ2) is 6.46. The number of rotatable bonds is 3. The summed E-state index contributed by atoms with van der Waals surface area (Å²) in [4.78, 5) is 21.9. The van der Waals surface area contributed by atoms with E-state index in [1.54, 1.807) is 12.3 Å². The molecule has 2 aromatic carbocycles. The third kappa shape index (κ3) is 2.77. The van der Waals surface area contributed by atoms with Gasteiger partial charge in [-0.15, -0.1) is 0 Å². The van der Waals surface area contributed by atoms with Crippen LogP contribution in [-0.2, 0) is 6.42 Å². The summed E-state index contributed by atoms with van der Waals surface area (Å²) in [7, 11) is 0. The number of aromatic nitrogens is 4. The maximum atomic E-state index is 12.7. The lowest BCUT2D eigenvalue weighted by molar-refractivity contribution is 0.882. The molecule has 0 saturated carbocycles. The molecule has 5 aromatic rings. The maximum Gasteiger partial charge on any atom is 0.273 e. The van der Waals surface area contributed by atoms with Gasteiger partial charge >= 0.3 is 0 Å². The third-order valence-electron chi connectivity index (χ3n) is 5.04. The van der Waals surface area contributed by atoms with E-state index in [-0.39, 0.29) is 5.56 Å². The first-order chi connectivity index (χ1) is 13.7. The summed E-state index contributed by atoms with van der Waals surface area (Å²) in [6.07, 6.45) is 2.49. The molecule has 5 nitrogen and oxygen atoms in total. The molecule has 28 heavy (non-hydrogen) atoms. The van der Waals surface area contributed by atoms with Gasteiger partial charge in [-0.25, -0.2) is 9.50 Å². The molecule has 0 spiro atoms. The van der Waals surface area contributed by atoms with Gasteiger partial charge in [0.1, 0.15) is 0 Å². The van der Waals surface area contributed by atoms with Crippen LogP contribution in [0.4, 0.5) is 0 Å². The number of H-pyrrole nitrogens is 1. The summed E-state index contributed by atoms with van der Waals surface area (Å²) >= 11 is 0. The Hall–Kier alpha value is -3.73. The smallest absolute Gasteiger partial charge is 0.273 e. The lowest BCUT2D eigenvalue weighted by Crippen LogP contribution is -2.14. The Kier molecular flexibility index (Phi) is 3.79. The number of hydrogen-bond donors (Lipinski definition) is 1. The summed E-state index contributed by atoms with van der Waals surface area (Å²) in [6.45, 7) is 1.98. The highest BCUT2D eigenvalue weighted by molar-refractivity contribution is 5.83. The Bertz CT molecular complexity index is 1370. The average molecular weight is 366 g/mol. The fraction of sp³-hybridized carbons (Fsp3) is 0.0870. The van der Waals surface area contributed by atoms with Crippen LogP contribution in [0.25, 0.3) is 27.8 Å². The lowest BCUT2D eigenvalue weighted by Gasteiger charge is -2.05. The van der Waals surface area contributed by atoms with Crippen molar-refractivity contribution >= 4 is 16.6 Å². The summed E-state index contributed by atoms with van der Waals surface area (Å²) in [5, 5.41) is 4.18. The van der Waals surface area contributed by atoms with Crippen LogP contribution < -0.4 is 5.56 Å². The highest BCUT2D eigenvalue weighted by Gasteiger charge is 2.14. The highest BCUT2D eigenvalue weighted by Crippen LogP contribution is 2.23. The SMILES string of the molecule is Cc1[nH]n2c(=O)cc(-c3ccc4ncccc4c3)nc2c1Cc1ccccc1. The number of hydrogen-bond acceptors (Lipinski definition) is 3. The Balaban J connectivity index is 1.68. The summed E-state index contributed by atoms with van der Waals surface area (Å²) in [6, 6.07) is 21.7. The minimum atomic E-state index is -0.117. The molecule has 0 aliphatic carbocycles. The Morgan fingerprint density at radius 1 is 1.00 bits per heavy atom. The van der Waals surface area contributed by atoms with Gasteiger partial charge in [-0.3, -0.25) is 14.9 Å². The van der Waals surface area contributed by atoms with Crippen molar-refractivity contribution < 1.29 is 0 Å². The number of aryl methyl sites for hydroxylation is 1. The first-order valence-electron chi connectivity index (χ1n) is 9.19. The Morgan fingerprint density at radius 3 is 2.71 bits per heavy atom. The molecule has 0 bridgehead atoms. The Labute approximate surface area is 161 Å². The van der Waals surface area contributed by atoms with Crippen LogP contribution in [0, 0.1) is 6.92 Å². The normalized spacial score (nSPS) is 11.3. The van der Waals surface area contributed by atoms with Crippen LogP contribution in [0.3, 0.4) is 0 Å². The molecule has 0 unspecified atom stereocenters. The summed E-state index contributed by atoms with van der Waals surface area (Å²) < 4.78 is 1.53. The van der Waals surface area contributed by atoms with E-state index in [4.69, 9.17) is 4.98 Å². The van der Waals surface area contributed by atoms with E-state index < -0.39 is 0 Å². The quantitative estimate of drug-likeness (QED) is 0.522. The van der Waals surface area contributed by atoms with Gasteiger partial charge in [0.2, 0.25) is 0 Å². The van der Waals surface area contributed by atoms with Crippen LogP contribution in [-0.4, -0.2) is 19.6 Å². The van der Waals surface area contributed by atoms with E-state index in [0.717, 1.165) is 34.1 Å². The number of nitrogens with one attached hydrogen (secondary N) is 1. The van der Waals surface area contributed by atoms with Crippen molar-refractivity contribution in [1.29, 1.82) is 0 Å². The molecule has 136 valence electrons. The molecule has 0 saturated heterocycles. The highest BCUT2D eigenvalue weighted by atomic mass is 16.1. The van der Waals surface area contributed by atoms with Crippen molar-refractivity contribution in [3.63, 3.8) is 0 Å². The Morgan fingerprint density at radius 2 is 1.86 bits per heavy atom. The van der Waals surface area contributed by atoms with Gasteiger partial charge in [0.25, 0.3) is 5.56 Å². The lowest BCUT2D eigenvalue weighted by atomic mass is 10.1. The van der Waals surface area contributed by atoms with Crippen LogP contribution in [0.2, 0.25) is 0 Å². The standard InChI is InChI=1S/C23H18N4O/c1-15-19(12-16-6-3-2-4-7-16)23-25-21(14-22(28)27(23)26-15)18-9-10-20-17(13-18)8-5-11-24-20/h2-11,13-14,26H,12H2,1H3. The monoisotopic (exact) mass is 366 g/mol. The van der Waals surface area contributed by atoms with Crippen molar-refractivity contribution in [3.8, 4) is 11.3 Å². The van der Waals surface area contributed by atoms with E-state index in [2.05, 4.69) is 22.2 Å². The van der Waals surface area contributed by atoms with Crippen molar-refractivity contribution in [2.45, 2.75) is 13.3 Å². The predicted octanol–water partition coefficient (Wildman–Crippen LogP) is 4.14. The van der Waals surface area contributed by atoms with Gasteiger partial charge < -0.3 is 0 Å². The van der Waals surface area contributed by atoms with E-state index in [9.17, 15) is 4.79 Å². The fourth-order valence-corrected chi connectivity index (χ4v) is 3.59. The number of fused-ring (bicyclic) bond motifs is 2. The zero-order valence-corrected chi connectivity index (χ0v) is 15.4. The maximum absolute atomic E-state index is 12.7. The largest absolute Gasteiger partial charge is 0.294 e. The van der Waals surface area contributed by atoms with Crippen molar-refractivity contribution in [1.82, 2.24) is 19.6 Å². The molecule has 0 radical (unpaired) electrons. The van der Waals surface area contributed by atoms with Crippen molar-refractivity contribution in [2.24, 2.45) is 0 Å². The van der Waals surface area contributed by atoms with Crippen LogP contribution >= 0.6 is 0 Å². The minimum Gasteiger partial charge on any atom is -0.294 e. The zero-order chi connectivity index (χ0) is 19.1. The molecule has 0 fully saturated rings. The third-order valence-corrected chi connectivity index (χ3v) is 5.04. The van der Waals surface area contributed by atoms with Crippen LogP contribution in [0.15, 0.2) is 77.7 Å². The molecule has 3 aromatic heterocycles.